The predicted octanol–water partition coefficient (Wildman–Crippen LogP) is 6.07. The molecule has 0 heterocycles. The minimum atomic E-state index is -1.95. The molecule has 0 fully saturated rings. The average Bonchev–Trinajstić information content (AvgIpc) is 2.34. The van der Waals surface area contributed by atoms with E-state index in [1.807, 2.05) is 0 Å². The molecule has 0 saturated heterocycles. The molecule has 0 aliphatic carbocycles. The number of esters is 1. The summed E-state index contributed by atoms with van der Waals surface area (Å²) in [5, 5.41) is 0. The molecule has 0 aromatic rings. The molecule has 0 aromatic heterocycles. The SMILES string of the molecule is CC(C)CCCCCCCCCCOC(=O)C(Cl)(Cl)Cl. The summed E-state index contributed by atoms with van der Waals surface area (Å²) in [5.74, 6) is 0.0399. The van der Waals surface area contributed by atoms with Crippen LogP contribution >= 0.6 is 34.8 Å². The molecule has 0 aliphatic rings. The van der Waals surface area contributed by atoms with Crippen molar-refractivity contribution in [1.29, 1.82) is 0 Å². The molecule has 0 amide bonds. The van der Waals surface area contributed by atoms with Gasteiger partial charge in [-0.05, 0) is 12.3 Å². The highest BCUT2D eigenvalue weighted by Crippen LogP contribution is 2.27. The van der Waals surface area contributed by atoms with Crippen molar-refractivity contribution in [2.45, 2.75) is 75.4 Å². The second-order valence-corrected chi connectivity index (χ2v) is 7.93. The molecule has 2 nitrogen and oxygen atoms in total. The van der Waals surface area contributed by atoms with Crippen LogP contribution in [0.1, 0.15) is 71.6 Å². The van der Waals surface area contributed by atoms with Crippen LogP contribution in [0.2, 0.25) is 0 Å². The minimum Gasteiger partial charge on any atom is -0.463 e. The van der Waals surface area contributed by atoms with Crippen LogP contribution in [0.5, 0.6) is 0 Å². The molecule has 120 valence electrons. The fourth-order valence-electron chi connectivity index (χ4n) is 1.96. The number of carbonyl (C=O) groups excluding carboxylic acids is 1. The number of hydrogen-bond donors (Lipinski definition) is 0. The Morgan fingerprint density at radius 1 is 0.900 bits per heavy atom. The third kappa shape index (κ3) is 13.3. The monoisotopic (exact) mass is 344 g/mol. The number of hydrogen-bond acceptors (Lipinski definition) is 2. The molecule has 0 spiro atoms. The van der Waals surface area contributed by atoms with Gasteiger partial charge in [0.2, 0.25) is 0 Å². The second-order valence-electron chi connectivity index (χ2n) is 5.64. The Morgan fingerprint density at radius 2 is 1.35 bits per heavy atom. The molecule has 0 radical (unpaired) electrons. The molecule has 0 aromatic carbocycles. The topological polar surface area (TPSA) is 26.3 Å². The molecule has 0 rings (SSSR count). The summed E-state index contributed by atoms with van der Waals surface area (Å²) in [6.45, 7) is 4.88. The highest BCUT2D eigenvalue weighted by molar-refractivity contribution is 6.75. The molecular formula is C15H27Cl3O2. The molecule has 0 atom stereocenters. The van der Waals surface area contributed by atoms with Gasteiger partial charge in [0.15, 0.2) is 0 Å². The smallest absolute Gasteiger partial charge is 0.358 e. The molecular weight excluding hydrogens is 319 g/mol. The Balaban J connectivity index is 3.20. The summed E-state index contributed by atoms with van der Waals surface area (Å²) in [7, 11) is 0. The van der Waals surface area contributed by atoms with Gasteiger partial charge in [0.25, 0.3) is 3.79 Å². The Bertz CT molecular complexity index is 250. The fourth-order valence-corrected chi connectivity index (χ4v) is 2.13. The van der Waals surface area contributed by atoms with E-state index in [9.17, 15) is 4.79 Å². The van der Waals surface area contributed by atoms with Gasteiger partial charge in [0.05, 0.1) is 6.61 Å². The van der Waals surface area contributed by atoms with Crippen molar-refractivity contribution in [3.8, 4) is 0 Å². The normalized spacial score (nSPS) is 11.9. The van der Waals surface area contributed by atoms with Crippen LogP contribution in [-0.4, -0.2) is 16.4 Å². The molecule has 0 unspecified atom stereocenters. The summed E-state index contributed by atoms with van der Waals surface area (Å²) >= 11 is 16.1. The van der Waals surface area contributed by atoms with Gasteiger partial charge in [-0.1, -0.05) is 100 Å². The zero-order valence-corrected chi connectivity index (χ0v) is 14.9. The van der Waals surface area contributed by atoms with Gasteiger partial charge in [-0.2, -0.15) is 0 Å². The third-order valence-corrected chi connectivity index (χ3v) is 3.60. The zero-order chi connectivity index (χ0) is 15.4. The number of halogens is 3. The fraction of sp³-hybridized carbons (Fsp3) is 0.933. The van der Waals surface area contributed by atoms with E-state index in [1.165, 1.54) is 44.9 Å². The largest absolute Gasteiger partial charge is 0.463 e. The van der Waals surface area contributed by atoms with Crippen molar-refractivity contribution >= 4 is 40.8 Å². The van der Waals surface area contributed by atoms with E-state index in [0.29, 0.717) is 6.61 Å². The van der Waals surface area contributed by atoms with E-state index < -0.39 is 9.76 Å². The summed E-state index contributed by atoms with van der Waals surface area (Å²) in [6.07, 6.45) is 11.0. The highest BCUT2D eigenvalue weighted by Gasteiger charge is 2.32. The van der Waals surface area contributed by atoms with Crippen LogP contribution in [0.15, 0.2) is 0 Å². The summed E-state index contributed by atoms with van der Waals surface area (Å²) in [5.41, 5.74) is 0. The predicted molar refractivity (Wildman–Crippen MR) is 87.6 cm³/mol. The second kappa shape index (κ2) is 11.9. The summed E-state index contributed by atoms with van der Waals surface area (Å²) < 4.78 is 2.91. The van der Waals surface area contributed by atoms with E-state index in [4.69, 9.17) is 39.5 Å². The standard InChI is InChI=1S/C15H27Cl3O2/c1-13(2)11-9-7-5-3-4-6-8-10-12-20-14(19)15(16,17)18/h13H,3-12H2,1-2H3. The highest BCUT2D eigenvalue weighted by atomic mass is 35.6. The lowest BCUT2D eigenvalue weighted by Gasteiger charge is -2.10. The van der Waals surface area contributed by atoms with Crippen molar-refractivity contribution < 1.29 is 9.53 Å². The van der Waals surface area contributed by atoms with Gasteiger partial charge >= 0.3 is 5.97 Å². The van der Waals surface area contributed by atoms with Crippen LogP contribution in [0.4, 0.5) is 0 Å². The minimum absolute atomic E-state index is 0.334. The maximum Gasteiger partial charge on any atom is 0.358 e. The zero-order valence-electron chi connectivity index (χ0n) is 12.6. The number of rotatable bonds is 11. The summed E-state index contributed by atoms with van der Waals surface area (Å²) in [6, 6.07) is 0. The van der Waals surface area contributed by atoms with E-state index in [-0.39, 0.29) is 0 Å². The molecule has 0 bridgehead atoms. The van der Waals surface area contributed by atoms with E-state index >= 15 is 0 Å². The van der Waals surface area contributed by atoms with Gasteiger partial charge in [-0.3, -0.25) is 0 Å². The van der Waals surface area contributed by atoms with Gasteiger partial charge in [-0.15, -0.1) is 0 Å². The van der Waals surface area contributed by atoms with E-state index in [2.05, 4.69) is 13.8 Å². The first-order chi connectivity index (χ1) is 9.34. The van der Waals surface area contributed by atoms with Crippen molar-refractivity contribution in [2.24, 2.45) is 5.92 Å². The lowest BCUT2D eigenvalue weighted by Crippen LogP contribution is -2.22. The molecule has 0 N–H and O–H groups in total. The quantitative estimate of drug-likeness (QED) is 0.258. The van der Waals surface area contributed by atoms with Crippen molar-refractivity contribution in [3.63, 3.8) is 0 Å². The number of carbonyl (C=O) groups is 1. The lowest BCUT2D eigenvalue weighted by atomic mass is 10.0. The molecule has 0 saturated carbocycles. The average molecular weight is 346 g/mol. The summed E-state index contributed by atoms with van der Waals surface area (Å²) in [4.78, 5) is 11.1. The Hall–Kier alpha value is 0.340. The van der Waals surface area contributed by atoms with Gasteiger partial charge < -0.3 is 4.74 Å². The Labute approximate surface area is 138 Å². The van der Waals surface area contributed by atoms with Gasteiger partial charge in [0.1, 0.15) is 0 Å². The lowest BCUT2D eigenvalue weighted by molar-refractivity contribution is -0.142. The maximum absolute atomic E-state index is 11.1. The number of unbranched alkanes of at least 4 members (excludes halogenated alkanes) is 7. The first kappa shape index (κ1) is 20.3. The Morgan fingerprint density at radius 3 is 1.80 bits per heavy atom. The van der Waals surface area contributed by atoms with Crippen LogP contribution in [0, 0.1) is 5.92 Å². The van der Waals surface area contributed by atoms with Gasteiger partial charge in [-0.25, -0.2) is 4.79 Å². The first-order valence-electron chi connectivity index (χ1n) is 7.58. The van der Waals surface area contributed by atoms with Crippen LogP contribution in [-0.2, 0) is 9.53 Å². The number of alkyl halides is 3. The van der Waals surface area contributed by atoms with Crippen LogP contribution < -0.4 is 0 Å². The van der Waals surface area contributed by atoms with E-state index in [1.54, 1.807) is 0 Å². The van der Waals surface area contributed by atoms with E-state index in [0.717, 1.165) is 18.8 Å². The van der Waals surface area contributed by atoms with Crippen molar-refractivity contribution in [3.05, 3.63) is 0 Å². The Kier molecular flexibility index (Phi) is 12.1. The van der Waals surface area contributed by atoms with Crippen LogP contribution in [0.3, 0.4) is 0 Å². The molecule has 0 aliphatic heterocycles. The maximum atomic E-state index is 11.1. The van der Waals surface area contributed by atoms with Gasteiger partial charge in [0, 0.05) is 0 Å². The van der Waals surface area contributed by atoms with Crippen molar-refractivity contribution in [1.82, 2.24) is 0 Å². The molecule has 20 heavy (non-hydrogen) atoms. The number of ether oxygens (including phenoxy) is 1. The van der Waals surface area contributed by atoms with Crippen LogP contribution in [0.25, 0.3) is 0 Å². The first-order valence-corrected chi connectivity index (χ1v) is 8.71. The third-order valence-electron chi connectivity index (χ3n) is 3.14. The molecule has 5 heteroatoms. The van der Waals surface area contributed by atoms with Crippen molar-refractivity contribution in [2.75, 3.05) is 6.61 Å².